The fourth-order valence-electron chi connectivity index (χ4n) is 2.87. The molecule has 0 radical (unpaired) electrons. The normalized spacial score (nSPS) is 10.5. The van der Waals surface area contributed by atoms with Crippen molar-refractivity contribution in [3.63, 3.8) is 0 Å². The molecule has 2 heterocycles. The first-order valence-corrected chi connectivity index (χ1v) is 10.3. The maximum absolute atomic E-state index is 12.9. The molecule has 0 atom stereocenters. The number of carbonyl (C=O) groups is 1. The number of amides is 1. The highest BCUT2D eigenvalue weighted by Crippen LogP contribution is 2.31. The fourth-order valence-corrected chi connectivity index (χ4v) is 3.09. The van der Waals surface area contributed by atoms with E-state index in [4.69, 9.17) is 0 Å². The number of carbonyl (C=O) groups excluding carboxylic acids is 1. The zero-order chi connectivity index (χ0) is 20.3. The summed E-state index contributed by atoms with van der Waals surface area (Å²) in [6, 6.07) is 10.8. The number of rotatable bonds is 10. The summed E-state index contributed by atoms with van der Waals surface area (Å²) in [7, 11) is 0. The van der Waals surface area contributed by atoms with E-state index in [1.807, 2.05) is 18.2 Å². The van der Waals surface area contributed by atoms with Gasteiger partial charge in [0, 0.05) is 31.3 Å². The molecular formula is C21H24N6OS. The number of unbranched alkanes of at least 4 members (excludes halogenated alkanes) is 3. The molecule has 0 saturated heterocycles. The molecule has 7 nitrogen and oxygen atoms in total. The summed E-state index contributed by atoms with van der Waals surface area (Å²) in [5.74, 6) is 1.54. The Morgan fingerprint density at radius 2 is 1.41 bits per heavy atom. The van der Waals surface area contributed by atoms with Crippen LogP contribution in [0.25, 0.3) is 0 Å². The van der Waals surface area contributed by atoms with Crippen molar-refractivity contribution in [3.8, 4) is 0 Å². The molecule has 150 valence electrons. The van der Waals surface area contributed by atoms with E-state index in [-0.39, 0.29) is 5.91 Å². The Morgan fingerprint density at radius 3 is 2.03 bits per heavy atom. The molecule has 0 fully saturated rings. The number of nitrogens with one attached hydrogen (secondary N) is 1. The molecule has 3 rings (SSSR count). The standard InChI is InChI=1S/C21H24N6OS/c28-19(22-11-5-1-2-6-16-29)17-9-3-4-10-18(17)27(20-23-12-7-13-24-20)21-25-14-8-15-26-21/h3-4,7-10,12-15,29H,1-2,5-6,11,16H2,(H,22,28). The van der Waals surface area contributed by atoms with Gasteiger partial charge in [-0.1, -0.05) is 25.0 Å². The zero-order valence-electron chi connectivity index (χ0n) is 16.1. The van der Waals surface area contributed by atoms with Crippen molar-refractivity contribution in [2.24, 2.45) is 0 Å². The minimum Gasteiger partial charge on any atom is -0.352 e. The number of thiol groups is 1. The summed E-state index contributed by atoms with van der Waals surface area (Å²) < 4.78 is 0. The highest BCUT2D eigenvalue weighted by Gasteiger charge is 2.22. The van der Waals surface area contributed by atoms with E-state index >= 15 is 0 Å². The Morgan fingerprint density at radius 1 is 0.828 bits per heavy atom. The van der Waals surface area contributed by atoms with Crippen molar-refractivity contribution in [1.82, 2.24) is 25.3 Å². The Hall–Kier alpha value is -3.00. The van der Waals surface area contributed by atoms with Crippen LogP contribution in [0.3, 0.4) is 0 Å². The van der Waals surface area contributed by atoms with Gasteiger partial charge < -0.3 is 5.32 Å². The van der Waals surface area contributed by atoms with Crippen LogP contribution >= 0.6 is 12.6 Å². The van der Waals surface area contributed by atoms with E-state index in [0.717, 1.165) is 31.4 Å². The number of benzene rings is 1. The highest BCUT2D eigenvalue weighted by atomic mass is 32.1. The SMILES string of the molecule is O=C(NCCCCCCS)c1ccccc1N(c1ncccn1)c1ncccn1. The summed E-state index contributed by atoms with van der Waals surface area (Å²) in [5.41, 5.74) is 1.14. The second-order valence-electron chi connectivity index (χ2n) is 6.34. The van der Waals surface area contributed by atoms with Crippen molar-refractivity contribution >= 4 is 36.1 Å². The van der Waals surface area contributed by atoms with Crippen LogP contribution in [0, 0.1) is 0 Å². The second kappa shape index (κ2) is 11.1. The molecule has 0 aliphatic heterocycles. The fraction of sp³-hybridized carbons (Fsp3) is 0.286. The van der Waals surface area contributed by atoms with Gasteiger partial charge in [0.1, 0.15) is 0 Å². The minimum absolute atomic E-state index is 0.147. The van der Waals surface area contributed by atoms with Crippen LogP contribution in [0.4, 0.5) is 17.6 Å². The lowest BCUT2D eigenvalue weighted by molar-refractivity contribution is 0.0953. The summed E-state index contributed by atoms with van der Waals surface area (Å²) >= 11 is 4.22. The Balaban J connectivity index is 1.84. The number of hydrogen-bond donors (Lipinski definition) is 2. The number of nitrogens with zero attached hydrogens (tertiary/aromatic N) is 5. The highest BCUT2D eigenvalue weighted by molar-refractivity contribution is 7.80. The molecule has 2 aromatic heterocycles. The van der Waals surface area contributed by atoms with Crippen LogP contribution in [0.15, 0.2) is 61.2 Å². The zero-order valence-corrected chi connectivity index (χ0v) is 17.0. The molecule has 0 unspecified atom stereocenters. The first-order chi connectivity index (χ1) is 14.3. The van der Waals surface area contributed by atoms with Crippen LogP contribution in [0.5, 0.6) is 0 Å². The predicted octanol–water partition coefficient (Wildman–Crippen LogP) is 3.96. The van der Waals surface area contributed by atoms with Gasteiger partial charge in [0.2, 0.25) is 11.9 Å². The third-order valence-electron chi connectivity index (χ3n) is 4.26. The molecule has 0 spiro atoms. The van der Waals surface area contributed by atoms with Crippen molar-refractivity contribution in [1.29, 1.82) is 0 Å². The van der Waals surface area contributed by atoms with Gasteiger partial charge in [0.15, 0.2) is 0 Å². The Labute approximate surface area is 176 Å². The Kier molecular flexibility index (Phi) is 7.94. The van der Waals surface area contributed by atoms with Gasteiger partial charge in [-0.15, -0.1) is 0 Å². The van der Waals surface area contributed by atoms with Crippen LogP contribution < -0.4 is 10.2 Å². The number of aromatic nitrogens is 4. The lowest BCUT2D eigenvalue weighted by Gasteiger charge is -2.22. The largest absolute Gasteiger partial charge is 0.352 e. The van der Waals surface area contributed by atoms with Gasteiger partial charge >= 0.3 is 0 Å². The average Bonchev–Trinajstić information content (AvgIpc) is 2.78. The smallest absolute Gasteiger partial charge is 0.253 e. The van der Waals surface area contributed by atoms with Crippen LogP contribution in [0.1, 0.15) is 36.0 Å². The molecule has 8 heteroatoms. The molecule has 1 N–H and O–H groups in total. The van der Waals surface area contributed by atoms with Gasteiger partial charge in [0.25, 0.3) is 5.91 Å². The number of hydrogen-bond acceptors (Lipinski definition) is 7. The van der Waals surface area contributed by atoms with Gasteiger partial charge in [-0.2, -0.15) is 12.6 Å². The van der Waals surface area contributed by atoms with Crippen molar-refractivity contribution in [2.75, 3.05) is 17.2 Å². The molecule has 3 aromatic rings. The maximum atomic E-state index is 12.9. The topological polar surface area (TPSA) is 83.9 Å². The Bertz CT molecular complexity index is 854. The quantitative estimate of drug-likeness (QED) is 0.390. The number of para-hydroxylation sites is 1. The lowest BCUT2D eigenvalue weighted by Crippen LogP contribution is -2.27. The first kappa shape index (κ1) is 20.7. The van der Waals surface area contributed by atoms with E-state index in [0.29, 0.717) is 29.7 Å². The van der Waals surface area contributed by atoms with Crippen molar-refractivity contribution in [2.45, 2.75) is 25.7 Å². The third kappa shape index (κ3) is 5.74. The van der Waals surface area contributed by atoms with E-state index in [1.54, 1.807) is 47.9 Å². The molecule has 0 saturated carbocycles. The molecule has 0 aliphatic carbocycles. The molecule has 29 heavy (non-hydrogen) atoms. The summed E-state index contributed by atoms with van der Waals surface area (Å²) in [5, 5.41) is 3.01. The van der Waals surface area contributed by atoms with Gasteiger partial charge in [0.05, 0.1) is 11.3 Å². The van der Waals surface area contributed by atoms with E-state index in [2.05, 4.69) is 37.9 Å². The van der Waals surface area contributed by atoms with E-state index in [9.17, 15) is 4.79 Å². The van der Waals surface area contributed by atoms with E-state index in [1.165, 1.54) is 0 Å². The predicted molar refractivity (Wildman–Crippen MR) is 117 cm³/mol. The first-order valence-electron chi connectivity index (χ1n) is 9.63. The summed E-state index contributed by atoms with van der Waals surface area (Å²) in [6.07, 6.45) is 10.8. The molecule has 0 aliphatic rings. The van der Waals surface area contributed by atoms with Crippen LogP contribution in [0.2, 0.25) is 0 Å². The molecular weight excluding hydrogens is 384 g/mol. The maximum Gasteiger partial charge on any atom is 0.253 e. The molecule has 0 bridgehead atoms. The van der Waals surface area contributed by atoms with Crippen molar-refractivity contribution in [3.05, 3.63) is 66.7 Å². The van der Waals surface area contributed by atoms with Crippen molar-refractivity contribution < 1.29 is 4.79 Å². The third-order valence-corrected chi connectivity index (χ3v) is 4.58. The lowest BCUT2D eigenvalue weighted by atomic mass is 10.1. The number of anilines is 3. The van der Waals surface area contributed by atoms with Gasteiger partial charge in [-0.05, 0) is 42.9 Å². The van der Waals surface area contributed by atoms with Crippen LogP contribution in [-0.2, 0) is 0 Å². The average molecular weight is 409 g/mol. The molecule has 1 amide bonds. The minimum atomic E-state index is -0.147. The second-order valence-corrected chi connectivity index (χ2v) is 6.79. The molecule has 1 aromatic carbocycles. The van der Waals surface area contributed by atoms with Gasteiger partial charge in [-0.25, -0.2) is 24.8 Å². The van der Waals surface area contributed by atoms with E-state index < -0.39 is 0 Å². The summed E-state index contributed by atoms with van der Waals surface area (Å²) in [4.78, 5) is 31.9. The monoisotopic (exact) mass is 408 g/mol. The van der Waals surface area contributed by atoms with Crippen LogP contribution in [-0.4, -0.2) is 38.1 Å². The van der Waals surface area contributed by atoms with Gasteiger partial charge in [-0.3, -0.25) is 4.79 Å². The summed E-state index contributed by atoms with van der Waals surface area (Å²) in [6.45, 7) is 0.628.